The fraction of sp³-hybridized carbons (Fsp3) is 0.0943. The summed E-state index contributed by atoms with van der Waals surface area (Å²) in [6.45, 7) is 0. The van der Waals surface area contributed by atoms with Gasteiger partial charge in [0.25, 0.3) is 0 Å². The lowest BCUT2D eigenvalue weighted by Gasteiger charge is -2.15. The number of nitrogen functional groups attached to an aromatic ring is 8. The lowest BCUT2D eigenvalue weighted by atomic mass is 9.92. The van der Waals surface area contributed by atoms with E-state index in [4.69, 9.17) is 55.3 Å². The quantitative estimate of drug-likeness (QED) is 0.0250. The van der Waals surface area contributed by atoms with Gasteiger partial charge in [-0.1, -0.05) is 152 Å². The van der Waals surface area contributed by atoms with Crippen LogP contribution in [-0.2, 0) is 64.2 Å². The first kappa shape index (κ1) is 85.8. The summed E-state index contributed by atoms with van der Waals surface area (Å²) in [5.41, 5.74) is 76.1. The van der Waals surface area contributed by atoms with Gasteiger partial charge in [0, 0.05) is 58.0 Å². The average molecular weight is 1650 g/mol. The zero-order valence-corrected chi connectivity index (χ0v) is 68.4. The molecule has 124 heavy (non-hydrogen) atoms. The number of anilines is 8. The van der Waals surface area contributed by atoms with Crippen LogP contribution in [0.5, 0.6) is 69.0 Å². The Balaban J connectivity index is 0.000000142. The second kappa shape index (κ2) is 40.6. The normalized spacial score (nSPS) is 10.8. The molecule has 0 aliphatic carbocycles. The molecule has 0 spiro atoms. The third-order valence-electron chi connectivity index (χ3n) is 21.2. The fourth-order valence-corrected chi connectivity index (χ4v) is 14.3. The summed E-state index contributed by atoms with van der Waals surface area (Å²) in [6.07, 6.45) is 6.82. The molecule has 0 bridgehead atoms. The molecule has 0 fully saturated rings. The number of phenolic OH excluding ortho intramolecular Hbond substituents is 8. The maximum absolute atomic E-state index is 10.3. The lowest BCUT2D eigenvalue weighted by molar-refractivity contribution is 0.469. The highest BCUT2D eigenvalue weighted by atomic mass is 16.5. The van der Waals surface area contributed by atoms with Crippen molar-refractivity contribution in [3.05, 3.63) is 451 Å². The van der Waals surface area contributed by atoms with E-state index in [0.717, 1.165) is 125 Å². The molecule has 0 radical (unpaired) electrons. The molecular formula is C106H100N8O10. The molecule has 0 atom stereocenters. The first-order valence-corrected chi connectivity index (χ1v) is 40.5. The van der Waals surface area contributed by atoms with Gasteiger partial charge < -0.3 is 96.2 Å². The van der Waals surface area contributed by atoms with Crippen LogP contribution in [0, 0.1) is 0 Å². The van der Waals surface area contributed by atoms with E-state index in [9.17, 15) is 40.9 Å². The Hall–Kier alpha value is -16.1. The van der Waals surface area contributed by atoms with E-state index >= 15 is 0 Å². The van der Waals surface area contributed by atoms with Crippen LogP contribution in [0.15, 0.2) is 340 Å². The maximum atomic E-state index is 10.3. The summed E-state index contributed by atoms with van der Waals surface area (Å²) in [5, 5.41) is 76.8. The smallest absolute Gasteiger partial charge is 0.129 e. The van der Waals surface area contributed by atoms with Gasteiger partial charge in [-0.25, -0.2) is 0 Å². The van der Waals surface area contributed by atoms with Gasteiger partial charge >= 0.3 is 0 Å². The Morgan fingerprint density at radius 2 is 0.379 bits per heavy atom. The molecule has 0 unspecified atom stereocenters. The molecule has 18 heteroatoms. The Bertz CT molecular complexity index is 6090. The number of hydrogen-bond donors (Lipinski definition) is 16. The van der Waals surface area contributed by atoms with E-state index < -0.39 is 0 Å². The predicted molar refractivity (Wildman–Crippen MR) is 500 cm³/mol. The van der Waals surface area contributed by atoms with Gasteiger partial charge in [0.15, 0.2) is 0 Å². The standard InChI is InChI=1S/2C27H26N2O2.2C26H24N2O3/c28-24-7-1-18(2-8-24)13-20-5-11-26(29)22(15-20)16-21-6-12-27(31)23(17-21)14-19-3-9-25(30)10-4-19;28-24-7-1-18(2-8-24)13-21-16-22(14-19-3-9-25(30)10-4-19)27(29)23(17-21)15-20-5-11-26(31)12-6-20;27-25-12-11-23(15-20(25)14-18-3-8-22(30)9-4-18)31-24-10-5-19(26(28)16-24)13-17-1-6-21(29)7-2-17;27-25-11-9-23(15-19(25)13-17-1-5-21(29)6-2-17)31-24-10-12-26(28)20(16-24)14-18-3-7-22(30)8-4-18/h1-12,15,17,30-31H,13-14,16,28-29H2;1-12,16-17,30-31H,13-15,28-29H2;2*1-12,15-16,29-30H,13-14,27-28H2. The van der Waals surface area contributed by atoms with E-state index in [-0.39, 0.29) is 46.0 Å². The summed E-state index contributed by atoms with van der Waals surface area (Å²) in [5.74, 6) is 4.64. The van der Waals surface area contributed by atoms with Gasteiger partial charge in [-0.2, -0.15) is 0 Å². The van der Waals surface area contributed by atoms with Crippen molar-refractivity contribution in [2.75, 3.05) is 45.9 Å². The third kappa shape index (κ3) is 25.0. The number of rotatable bonds is 24. The number of hydrogen-bond acceptors (Lipinski definition) is 18. The number of benzene rings is 16. The molecule has 0 aliphatic heterocycles. The molecule has 0 aromatic heterocycles. The van der Waals surface area contributed by atoms with Crippen LogP contribution >= 0.6 is 0 Å². The zero-order chi connectivity index (χ0) is 87.2. The molecule has 16 rings (SSSR count). The minimum Gasteiger partial charge on any atom is -0.508 e. The van der Waals surface area contributed by atoms with Crippen LogP contribution in [0.25, 0.3) is 0 Å². The zero-order valence-electron chi connectivity index (χ0n) is 68.4. The number of phenols is 8. The molecule has 18 nitrogen and oxygen atoms in total. The van der Waals surface area contributed by atoms with Crippen molar-refractivity contribution in [1.82, 2.24) is 0 Å². The van der Waals surface area contributed by atoms with Gasteiger partial charge in [-0.3, -0.25) is 0 Å². The monoisotopic (exact) mass is 1640 g/mol. The minimum absolute atomic E-state index is 0.232. The maximum Gasteiger partial charge on any atom is 0.129 e. The van der Waals surface area contributed by atoms with E-state index in [0.29, 0.717) is 97.1 Å². The van der Waals surface area contributed by atoms with E-state index in [1.807, 2.05) is 224 Å². The third-order valence-corrected chi connectivity index (χ3v) is 21.2. The predicted octanol–water partition coefficient (Wildman–Crippen LogP) is 20.5. The molecule has 24 N–H and O–H groups in total. The lowest BCUT2D eigenvalue weighted by Crippen LogP contribution is -2.04. The van der Waals surface area contributed by atoms with Gasteiger partial charge in [0.1, 0.15) is 69.0 Å². The van der Waals surface area contributed by atoms with Gasteiger partial charge in [-0.05, 0) is 351 Å². The van der Waals surface area contributed by atoms with Crippen molar-refractivity contribution >= 4 is 45.5 Å². The van der Waals surface area contributed by atoms with Crippen molar-refractivity contribution in [3.63, 3.8) is 0 Å². The molecule has 0 amide bonds. The molecule has 16 aromatic rings. The van der Waals surface area contributed by atoms with Crippen molar-refractivity contribution in [3.8, 4) is 69.0 Å². The minimum atomic E-state index is 0.232. The van der Waals surface area contributed by atoms with Crippen LogP contribution in [0.3, 0.4) is 0 Å². The molecule has 624 valence electrons. The fourth-order valence-electron chi connectivity index (χ4n) is 14.3. The van der Waals surface area contributed by atoms with Crippen molar-refractivity contribution in [1.29, 1.82) is 0 Å². The summed E-state index contributed by atoms with van der Waals surface area (Å²) < 4.78 is 12.1. The molecular weight excluding hydrogens is 1550 g/mol. The van der Waals surface area contributed by atoms with Crippen LogP contribution < -0.4 is 55.3 Å². The SMILES string of the molecule is Nc1cc(Oc2ccc(N)c(Cc3ccc(O)cc3)c2)ccc1Cc1ccc(O)cc1.Nc1ccc(Cc2cc(Cc3ccc(O)cc3)c(N)c(Cc3ccc(O)cc3)c2)cc1.Nc1ccc(Cc2ccc(N)c(Cc3ccc(O)c(Cc4ccc(O)cc4)c3)c2)cc1.Nc1ccc(Oc2ccc(N)c(Cc3ccc(O)cc3)c2)cc1Cc1ccc(O)cc1. The van der Waals surface area contributed by atoms with Gasteiger partial charge in [0.05, 0.1) is 0 Å². The Morgan fingerprint density at radius 1 is 0.161 bits per heavy atom. The number of nitrogens with two attached hydrogens (primary N) is 8. The van der Waals surface area contributed by atoms with E-state index in [2.05, 4.69) is 24.3 Å². The highest BCUT2D eigenvalue weighted by Crippen LogP contribution is 2.36. The Kier molecular flexibility index (Phi) is 28.1. The van der Waals surface area contributed by atoms with Crippen molar-refractivity contribution in [2.24, 2.45) is 0 Å². The Morgan fingerprint density at radius 3 is 0.718 bits per heavy atom. The first-order chi connectivity index (χ1) is 59.8. The number of aromatic hydroxyl groups is 8. The van der Waals surface area contributed by atoms with E-state index in [1.54, 1.807) is 91.0 Å². The summed E-state index contributed by atoms with van der Waals surface area (Å²) in [7, 11) is 0. The van der Waals surface area contributed by atoms with Crippen LogP contribution in [0.1, 0.15) is 111 Å². The second-order valence-corrected chi connectivity index (χ2v) is 30.9. The van der Waals surface area contributed by atoms with E-state index in [1.165, 1.54) is 22.3 Å². The summed E-state index contributed by atoms with van der Waals surface area (Å²) in [4.78, 5) is 0. The van der Waals surface area contributed by atoms with Crippen molar-refractivity contribution in [2.45, 2.75) is 64.2 Å². The van der Waals surface area contributed by atoms with Crippen molar-refractivity contribution < 1.29 is 50.3 Å². The highest BCUT2D eigenvalue weighted by molar-refractivity contribution is 5.62. The van der Waals surface area contributed by atoms with Gasteiger partial charge in [-0.15, -0.1) is 0 Å². The molecule has 0 heterocycles. The van der Waals surface area contributed by atoms with Crippen LogP contribution in [0.4, 0.5) is 45.5 Å². The molecule has 16 aromatic carbocycles. The van der Waals surface area contributed by atoms with Crippen LogP contribution in [-0.4, -0.2) is 40.9 Å². The number of ether oxygens (including phenoxy) is 2. The Labute approximate surface area is 721 Å². The van der Waals surface area contributed by atoms with Gasteiger partial charge in [0.2, 0.25) is 0 Å². The molecule has 0 saturated carbocycles. The second-order valence-electron chi connectivity index (χ2n) is 30.9. The molecule has 0 aliphatic rings. The first-order valence-electron chi connectivity index (χ1n) is 40.5. The summed E-state index contributed by atoms with van der Waals surface area (Å²) >= 11 is 0. The highest BCUT2D eigenvalue weighted by Gasteiger charge is 2.16. The average Bonchev–Trinajstić information content (AvgIpc) is 0.878. The molecule has 0 saturated heterocycles. The summed E-state index contributed by atoms with van der Waals surface area (Å²) in [6, 6.07) is 104. The largest absolute Gasteiger partial charge is 0.508 e. The topological polar surface area (TPSA) is 388 Å². The van der Waals surface area contributed by atoms with Crippen LogP contribution in [0.2, 0.25) is 0 Å².